The molecule has 3 rings (SSSR count). The Balaban J connectivity index is 1.77. The van der Waals surface area contributed by atoms with Crippen molar-refractivity contribution in [1.82, 2.24) is 0 Å². The van der Waals surface area contributed by atoms with Crippen molar-refractivity contribution in [1.29, 1.82) is 0 Å². The molecule has 2 aromatic carbocycles. The standard InChI is InChI=1S/C19H21N/c1-2-19(17-11-7-4-8-12-17)14-18(20-15-19)13-16-9-5-3-6-10-16/h3-12H,2,13-15H2,1H3. The molecule has 1 heterocycles. The molecule has 1 atom stereocenters. The van der Waals surface area contributed by atoms with Gasteiger partial charge in [0.15, 0.2) is 0 Å². The average molecular weight is 263 g/mol. The number of rotatable bonds is 4. The topological polar surface area (TPSA) is 12.4 Å². The number of hydrogen-bond donors (Lipinski definition) is 0. The first-order valence-corrected chi connectivity index (χ1v) is 7.44. The van der Waals surface area contributed by atoms with E-state index in [0.29, 0.717) is 0 Å². The van der Waals surface area contributed by atoms with E-state index in [1.165, 1.54) is 16.8 Å². The van der Waals surface area contributed by atoms with Crippen LogP contribution in [0.2, 0.25) is 0 Å². The SMILES string of the molecule is CCC1(c2ccccc2)CN=C(Cc2ccccc2)C1. The lowest BCUT2D eigenvalue weighted by molar-refractivity contribution is 0.462. The molecule has 1 aliphatic rings. The highest BCUT2D eigenvalue weighted by atomic mass is 14.8. The summed E-state index contributed by atoms with van der Waals surface area (Å²) >= 11 is 0. The van der Waals surface area contributed by atoms with E-state index in [9.17, 15) is 0 Å². The lowest BCUT2D eigenvalue weighted by atomic mass is 9.75. The van der Waals surface area contributed by atoms with Gasteiger partial charge in [0.1, 0.15) is 0 Å². The average Bonchev–Trinajstić information content (AvgIpc) is 2.94. The molecule has 0 bridgehead atoms. The van der Waals surface area contributed by atoms with Crippen molar-refractivity contribution >= 4 is 5.71 Å². The van der Waals surface area contributed by atoms with Crippen molar-refractivity contribution in [2.75, 3.05) is 6.54 Å². The van der Waals surface area contributed by atoms with Gasteiger partial charge in [0.05, 0.1) is 0 Å². The van der Waals surface area contributed by atoms with Gasteiger partial charge in [-0.3, -0.25) is 4.99 Å². The van der Waals surface area contributed by atoms with Gasteiger partial charge in [0.2, 0.25) is 0 Å². The van der Waals surface area contributed by atoms with Gasteiger partial charge in [0.25, 0.3) is 0 Å². The minimum atomic E-state index is 0.228. The lowest BCUT2D eigenvalue weighted by Gasteiger charge is -2.27. The molecule has 0 fully saturated rings. The van der Waals surface area contributed by atoms with Gasteiger partial charge in [-0.15, -0.1) is 0 Å². The molecular formula is C19H21N. The van der Waals surface area contributed by atoms with E-state index < -0.39 is 0 Å². The van der Waals surface area contributed by atoms with E-state index in [1.807, 2.05) is 0 Å². The van der Waals surface area contributed by atoms with Crippen LogP contribution in [0.1, 0.15) is 30.9 Å². The van der Waals surface area contributed by atoms with E-state index in [0.717, 1.165) is 25.8 Å². The Labute approximate surface area is 121 Å². The molecule has 0 saturated heterocycles. The number of benzene rings is 2. The van der Waals surface area contributed by atoms with Crippen LogP contribution >= 0.6 is 0 Å². The van der Waals surface area contributed by atoms with Gasteiger partial charge in [0, 0.05) is 24.1 Å². The van der Waals surface area contributed by atoms with E-state index in [-0.39, 0.29) is 5.41 Å². The molecule has 0 amide bonds. The summed E-state index contributed by atoms with van der Waals surface area (Å²) in [5.41, 5.74) is 4.38. The summed E-state index contributed by atoms with van der Waals surface area (Å²) in [5, 5.41) is 0. The van der Waals surface area contributed by atoms with Crippen LogP contribution in [0.25, 0.3) is 0 Å². The van der Waals surface area contributed by atoms with Crippen molar-refractivity contribution < 1.29 is 0 Å². The maximum absolute atomic E-state index is 4.85. The number of aliphatic imine (C=N–C) groups is 1. The van der Waals surface area contributed by atoms with Crippen LogP contribution in [0.3, 0.4) is 0 Å². The summed E-state index contributed by atoms with van der Waals surface area (Å²) in [4.78, 5) is 4.85. The second kappa shape index (κ2) is 5.62. The van der Waals surface area contributed by atoms with Crippen molar-refractivity contribution in [3.8, 4) is 0 Å². The molecule has 2 aromatic rings. The van der Waals surface area contributed by atoms with Crippen molar-refractivity contribution in [2.45, 2.75) is 31.6 Å². The zero-order chi connectivity index (χ0) is 13.8. The predicted octanol–water partition coefficient (Wildman–Crippen LogP) is 4.42. The molecule has 1 unspecified atom stereocenters. The lowest BCUT2D eigenvalue weighted by Crippen LogP contribution is -2.27. The van der Waals surface area contributed by atoms with Gasteiger partial charge >= 0.3 is 0 Å². The normalized spacial score (nSPS) is 21.8. The summed E-state index contributed by atoms with van der Waals surface area (Å²) in [6.45, 7) is 3.23. The molecule has 0 spiro atoms. The van der Waals surface area contributed by atoms with E-state index in [2.05, 4.69) is 67.6 Å². The van der Waals surface area contributed by atoms with E-state index >= 15 is 0 Å². The highest BCUT2D eigenvalue weighted by Crippen LogP contribution is 2.37. The first-order chi connectivity index (χ1) is 9.82. The zero-order valence-electron chi connectivity index (χ0n) is 12.0. The maximum Gasteiger partial charge on any atom is 0.0489 e. The van der Waals surface area contributed by atoms with Crippen LogP contribution in [-0.2, 0) is 11.8 Å². The number of nitrogens with zero attached hydrogens (tertiary/aromatic N) is 1. The Kier molecular flexibility index (Phi) is 3.68. The second-order valence-corrected chi connectivity index (χ2v) is 5.72. The van der Waals surface area contributed by atoms with Crippen molar-refractivity contribution in [2.24, 2.45) is 4.99 Å². The van der Waals surface area contributed by atoms with Crippen LogP contribution in [0.15, 0.2) is 65.7 Å². The van der Waals surface area contributed by atoms with Crippen LogP contribution in [-0.4, -0.2) is 12.3 Å². The van der Waals surface area contributed by atoms with Gasteiger partial charge < -0.3 is 0 Å². The third kappa shape index (κ3) is 2.53. The van der Waals surface area contributed by atoms with Crippen LogP contribution < -0.4 is 0 Å². The fourth-order valence-corrected chi connectivity index (χ4v) is 3.14. The summed E-state index contributed by atoms with van der Waals surface area (Å²) in [7, 11) is 0. The third-order valence-electron chi connectivity index (χ3n) is 4.46. The molecule has 1 nitrogen and oxygen atoms in total. The van der Waals surface area contributed by atoms with Gasteiger partial charge in [-0.25, -0.2) is 0 Å². The number of hydrogen-bond acceptors (Lipinski definition) is 1. The highest BCUT2D eigenvalue weighted by molar-refractivity contribution is 5.89. The molecule has 0 radical (unpaired) electrons. The summed E-state index contributed by atoms with van der Waals surface area (Å²) < 4.78 is 0. The summed E-state index contributed by atoms with van der Waals surface area (Å²) in [6.07, 6.45) is 3.25. The van der Waals surface area contributed by atoms with Crippen LogP contribution in [0.4, 0.5) is 0 Å². The molecular weight excluding hydrogens is 242 g/mol. The predicted molar refractivity (Wildman–Crippen MR) is 85.5 cm³/mol. The highest BCUT2D eigenvalue weighted by Gasteiger charge is 2.35. The van der Waals surface area contributed by atoms with E-state index in [4.69, 9.17) is 4.99 Å². The quantitative estimate of drug-likeness (QED) is 0.774. The Morgan fingerprint density at radius 1 is 0.950 bits per heavy atom. The minimum absolute atomic E-state index is 0.228. The Bertz CT molecular complexity index is 586. The van der Waals surface area contributed by atoms with E-state index in [1.54, 1.807) is 0 Å². The van der Waals surface area contributed by atoms with Crippen molar-refractivity contribution in [3.63, 3.8) is 0 Å². The smallest absolute Gasteiger partial charge is 0.0489 e. The largest absolute Gasteiger partial charge is 0.293 e. The molecule has 0 aromatic heterocycles. The molecule has 20 heavy (non-hydrogen) atoms. The Hall–Kier alpha value is -1.89. The Morgan fingerprint density at radius 3 is 2.25 bits per heavy atom. The van der Waals surface area contributed by atoms with Crippen LogP contribution in [0.5, 0.6) is 0 Å². The summed E-state index contributed by atoms with van der Waals surface area (Å²) in [5.74, 6) is 0. The van der Waals surface area contributed by atoms with Gasteiger partial charge in [-0.1, -0.05) is 67.6 Å². The molecule has 0 aliphatic carbocycles. The fourth-order valence-electron chi connectivity index (χ4n) is 3.14. The van der Waals surface area contributed by atoms with Gasteiger partial charge in [-0.05, 0) is 24.0 Å². The fraction of sp³-hybridized carbons (Fsp3) is 0.316. The first-order valence-electron chi connectivity index (χ1n) is 7.44. The monoisotopic (exact) mass is 263 g/mol. The maximum atomic E-state index is 4.85. The molecule has 1 aliphatic heterocycles. The third-order valence-corrected chi connectivity index (χ3v) is 4.46. The Morgan fingerprint density at radius 2 is 1.60 bits per heavy atom. The van der Waals surface area contributed by atoms with Crippen LogP contribution in [0, 0.1) is 0 Å². The second-order valence-electron chi connectivity index (χ2n) is 5.72. The summed E-state index contributed by atoms with van der Waals surface area (Å²) in [6, 6.07) is 21.5. The first kappa shape index (κ1) is 13.1. The van der Waals surface area contributed by atoms with Crippen molar-refractivity contribution in [3.05, 3.63) is 71.8 Å². The molecule has 102 valence electrons. The molecule has 0 N–H and O–H groups in total. The van der Waals surface area contributed by atoms with Gasteiger partial charge in [-0.2, -0.15) is 0 Å². The zero-order valence-corrected chi connectivity index (χ0v) is 12.0. The minimum Gasteiger partial charge on any atom is -0.293 e. The molecule has 0 saturated carbocycles. The molecule has 1 heteroatoms.